The van der Waals surface area contributed by atoms with Gasteiger partial charge in [0, 0.05) is 6.61 Å². The second kappa shape index (κ2) is 12.9. The molecular weight excluding hydrogens is 444 g/mol. The quantitative estimate of drug-likeness (QED) is 0.299. The van der Waals surface area contributed by atoms with E-state index in [1.165, 1.54) is 24.3 Å². The van der Waals surface area contributed by atoms with Gasteiger partial charge in [-0.25, -0.2) is 16.8 Å². The largest absolute Gasteiger partial charge is 0.396 e. The van der Waals surface area contributed by atoms with Crippen LogP contribution in [0.4, 0.5) is 0 Å². The number of aliphatic hydroxyl groups is 1. The summed E-state index contributed by atoms with van der Waals surface area (Å²) in [5.41, 5.74) is 0. The second-order valence-electron chi connectivity index (χ2n) is 7.95. The van der Waals surface area contributed by atoms with Crippen molar-refractivity contribution in [2.24, 2.45) is 5.92 Å². The van der Waals surface area contributed by atoms with E-state index in [2.05, 4.69) is 19.1 Å². The predicted molar refractivity (Wildman–Crippen MR) is 129 cm³/mol. The number of hydrogen-bond acceptors (Lipinski definition) is 5. The third kappa shape index (κ3) is 7.29. The fourth-order valence-corrected chi connectivity index (χ4v) is 8.39. The van der Waals surface area contributed by atoms with Gasteiger partial charge in [0.1, 0.15) is 0 Å². The molecule has 0 saturated heterocycles. The molecule has 0 heterocycles. The molecule has 2 rings (SSSR count). The van der Waals surface area contributed by atoms with E-state index in [1.807, 2.05) is 0 Å². The van der Waals surface area contributed by atoms with Gasteiger partial charge in [-0.2, -0.15) is 0 Å². The Kier molecular flexibility index (Phi) is 10.6. The normalized spacial score (nSPS) is 13.6. The monoisotopic (exact) mass is 478 g/mol. The van der Waals surface area contributed by atoms with Gasteiger partial charge in [0.05, 0.1) is 9.79 Å². The molecule has 0 amide bonds. The molecule has 7 heteroatoms. The third-order valence-electron chi connectivity index (χ3n) is 5.51. The molecule has 0 unspecified atom stereocenters. The summed E-state index contributed by atoms with van der Waals surface area (Å²) in [6.07, 6.45) is 9.51. The lowest BCUT2D eigenvalue weighted by molar-refractivity contribution is 0.210. The topological polar surface area (TPSA) is 88.5 Å². The molecule has 32 heavy (non-hydrogen) atoms. The van der Waals surface area contributed by atoms with E-state index in [-0.39, 0.29) is 22.8 Å². The molecule has 0 aromatic heterocycles. The van der Waals surface area contributed by atoms with E-state index in [1.54, 1.807) is 36.4 Å². The van der Waals surface area contributed by atoms with Crippen LogP contribution in [0.2, 0.25) is 0 Å². The standard InChI is InChI=1S/C25H34O5S2/c1-2-3-4-5-6-7-10-15-22(21-26)20-25(31(27,28)23-16-11-8-12-17-23)32(29,30)24-18-13-9-14-19-24/h3-4,8-9,11-14,16-19,22,25-26H,2,5-7,10,15,20-21H2,1H3/b4-3-/t22-/m1/s1. The first-order valence-electron chi connectivity index (χ1n) is 11.2. The van der Waals surface area contributed by atoms with Crippen LogP contribution in [0.25, 0.3) is 0 Å². The second-order valence-corrected chi connectivity index (χ2v) is 12.5. The number of allylic oxidation sites excluding steroid dienone is 2. The molecule has 2 aromatic carbocycles. The number of unbranched alkanes of at least 4 members (excludes halogenated alkanes) is 3. The van der Waals surface area contributed by atoms with Crippen molar-refractivity contribution in [3.63, 3.8) is 0 Å². The van der Waals surface area contributed by atoms with Crippen molar-refractivity contribution in [2.75, 3.05) is 6.61 Å². The molecule has 0 spiro atoms. The summed E-state index contributed by atoms with van der Waals surface area (Å²) >= 11 is 0. The number of aliphatic hydroxyl groups excluding tert-OH is 1. The Balaban J connectivity index is 2.24. The molecular formula is C25H34O5S2. The molecule has 0 bridgehead atoms. The summed E-state index contributed by atoms with van der Waals surface area (Å²) in [4.78, 5) is -0.0483. The minimum absolute atomic E-state index is 0.0242. The first-order chi connectivity index (χ1) is 15.3. The summed E-state index contributed by atoms with van der Waals surface area (Å²) in [6.45, 7) is 1.84. The number of sulfone groups is 2. The van der Waals surface area contributed by atoms with Crippen molar-refractivity contribution in [1.29, 1.82) is 0 Å². The van der Waals surface area contributed by atoms with E-state index in [9.17, 15) is 21.9 Å². The van der Waals surface area contributed by atoms with Crippen LogP contribution in [0.1, 0.15) is 51.9 Å². The van der Waals surface area contributed by atoms with E-state index in [0.717, 1.165) is 32.1 Å². The molecule has 0 radical (unpaired) electrons. The zero-order chi connectivity index (χ0) is 23.5. The maximum absolute atomic E-state index is 13.4. The van der Waals surface area contributed by atoms with Crippen molar-refractivity contribution < 1.29 is 21.9 Å². The van der Waals surface area contributed by atoms with Gasteiger partial charge in [-0.3, -0.25) is 0 Å². The minimum atomic E-state index is -4.17. The van der Waals surface area contributed by atoms with Gasteiger partial charge in [-0.05, 0) is 62.3 Å². The van der Waals surface area contributed by atoms with Crippen LogP contribution in [0.3, 0.4) is 0 Å². The molecule has 5 nitrogen and oxygen atoms in total. The van der Waals surface area contributed by atoms with Gasteiger partial charge in [0.15, 0.2) is 24.3 Å². The lowest BCUT2D eigenvalue weighted by atomic mass is 9.99. The lowest BCUT2D eigenvalue weighted by Crippen LogP contribution is -2.33. The van der Waals surface area contributed by atoms with Crippen LogP contribution < -0.4 is 0 Å². The first-order valence-corrected chi connectivity index (χ1v) is 14.3. The van der Waals surface area contributed by atoms with Crippen molar-refractivity contribution in [1.82, 2.24) is 0 Å². The maximum atomic E-state index is 13.4. The predicted octanol–water partition coefficient (Wildman–Crippen LogP) is 5.18. The van der Waals surface area contributed by atoms with Gasteiger partial charge in [0.25, 0.3) is 0 Å². The molecule has 2 aromatic rings. The van der Waals surface area contributed by atoms with Gasteiger partial charge < -0.3 is 5.11 Å². The van der Waals surface area contributed by atoms with Gasteiger partial charge >= 0.3 is 0 Å². The molecule has 0 aliphatic carbocycles. The molecule has 0 aliphatic heterocycles. The fourth-order valence-electron chi connectivity index (χ4n) is 3.66. The zero-order valence-electron chi connectivity index (χ0n) is 18.6. The Labute approximate surface area is 193 Å². The van der Waals surface area contributed by atoms with Crippen molar-refractivity contribution in [3.05, 3.63) is 72.8 Å². The number of hydrogen-bond donors (Lipinski definition) is 1. The Morgan fingerprint density at radius 3 is 1.78 bits per heavy atom. The van der Waals surface area contributed by atoms with Crippen LogP contribution in [0.5, 0.6) is 0 Å². The smallest absolute Gasteiger partial charge is 0.195 e. The number of rotatable bonds is 14. The van der Waals surface area contributed by atoms with E-state index < -0.39 is 30.2 Å². The fraction of sp³-hybridized carbons (Fsp3) is 0.440. The summed E-state index contributed by atoms with van der Waals surface area (Å²) in [5.74, 6) is -0.414. The molecule has 176 valence electrons. The van der Waals surface area contributed by atoms with Crippen molar-refractivity contribution in [2.45, 2.75) is 66.2 Å². The molecule has 1 N–H and O–H groups in total. The average Bonchev–Trinajstić information content (AvgIpc) is 2.81. The highest BCUT2D eigenvalue weighted by Gasteiger charge is 2.41. The van der Waals surface area contributed by atoms with E-state index in [4.69, 9.17) is 0 Å². The van der Waals surface area contributed by atoms with Crippen LogP contribution in [0.15, 0.2) is 82.6 Å². The van der Waals surface area contributed by atoms with Gasteiger partial charge in [-0.1, -0.05) is 68.3 Å². The summed E-state index contributed by atoms with van der Waals surface area (Å²) in [6, 6.07) is 15.4. The van der Waals surface area contributed by atoms with Crippen LogP contribution in [0, 0.1) is 5.92 Å². The third-order valence-corrected chi connectivity index (χ3v) is 10.7. The average molecular weight is 479 g/mol. The summed E-state index contributed by atoms with van der Waals surface area (Å²) in [5, 5.41) is 9.92. The molecule has 1 atom stereocenters. The number of benzene rings is 2. The SMILES string of the molecule is CC/C=C\CCCCC[C@@H](CO)CC(S(=O)(=O)c1ccccc1)S(=O)(=O)c1ccccc1. The van der Waals surface area contributed by atoms with Gasteiger partial charge in [-0.15, -0.1) is 0 Å². The zero-order valence-corrected chi connectivity index (χ0v) is 20.3. The highest BCUT2D eigenvalue weighted by molar-refractivity contribution is 8.09. The Bertz CT molecular complexity index is 961. The van der Waals surface area contributed by atoms with Crippen LogP contribution >= 0.6 is 0 Å². The van der Waals surface area contributed by atoms with Crippen molar-refractivity contribution in [3.8, 4) is 0 Å². The molecule has 0 fully saturated rings. The highest BCUT2D eigenvalue weighted by atomic mass is 32.3. The minimum Gasteiger partial charge on any atom is -0.396 e. The Hall–Kier alpha value is -1.96. The van der Waals surface area contributed by atoms with Crippen LogP contribution in [-0.2, 0) is 19.7 Å². The lowest BCUT2D eigenvalue weighted by Gasteiger charge is -2.23. The molecule has 0 saturated carbocycles. The van der Waals surface area contributed by atoms with Crippen molar-refractivity contribution >= 4 is 19.7 Å². The Morgan fingerprint density at radius 2 is 1.31 bits per heavy atom. The van der Waals surface area contributed by atoms with E-state index in [0.29, 0.717) is 6.42 Å². The Morgan fingerprint density at radius 1 is 0.781 bits per heavy atom. The first kappa shape index (κ1) is 26.3. The van der Waals surface area contributed by atoms with E-state index >= 15 is 0 Å². The maximum Gasteiger partial charge on any atom is 0.195 e. The summed E-state index contributed by atoms with van der Waals surface area (Å²) in [7, 11) is -8.33. The summed E-state index contributed by atoms with van der Waals surface area (Å²) < 4.78 is 52.0. The van der Waals surface area contributed by atoms with Crippen LogP contribution in [-0.4, -0.2) is 33.1 Å². The molecule has 0 aliphatic rings. The van der Waals surface area contributed by atoms with Gasteiger partial charge in [0.2, 0.25) is 0 Å². The highest BCUT2D eigenvalue weighted by Crippen LogP contribution is 2.31.